The van der Waals surface area contributed by atoms with Gasteiger partial charge in [-0.3, -0.25) is 4.79 Å². The number of carbonyl (C=O) groups excluding carboxylic acids is 1. The summed E-state index contributed by atoms with van der Waals surface area (Å²) in [6, 6.07) is 13.4. The molecule has 0 unspecified atom stereocenters. The van der Waals surface area contributed by atoms with Crippen molar-refractivity contribution in [1.29, 1.82) is 0 Å². The Balaban J connectivity index is 1.38. The smallest absolute Gasteiger partial charge is 0.232 e. The summed E-state index contributed by atoms with van der Waals surface area (Å²) in [6.07, 6.45) is 0.337. The highest BCUT2D eigenvalue weighted by molar-refractivity contribution is 5.96. The number of amides is 1. The molecule has 1 aromatic heterocycles. The fourth-order valence-electron chi connectivity index (χ4n) is 3.48. The van der Waals surface area contributed by atoms with Gasteiger partial charge in [0, 0.05) is 30.3 Å². The highest BCUT2D eigenvalue weighted by Gasteiger charge is 2.35. The maximum atomic E-state index is 12.5. The van der Waals surface area contributed by atoms with Crippen LogP contribution in [0.25, 0.3) is 11.4 Å². The Labute approximate surface area is 155 Å². The van der Waals surface area contributed by atoms with Crippen molar-refractivity contribution >= 4 is 11.6 Å². The largest absolute Gasteiger partial charge is 0.454 e. The van der Waals surface area contributed by atoms with Gasteiger partial charge in [-0.2, -0.15) is 4.98 Å². The molecule has 0 saturated carbocycles. The maximum Gasteiger partial charge on any atom is 0.232 e. The molecule has 2 aliphatic heterocycles. The van der Waals surface area contributed by atoms with E-state index in [0.717, 1.165) is 16.8 Å². The number of anilines is 1. The van der Waals surface area contributed by atoms with Crippen LogP contribution in [-0.2, 0) is 4.79 Å². The van der Waals surface area contributed by atoms with Gasteiger partial charge in [0.15, 0.2) is 11.5 Å². The Hall–Kier alpha value is -3.35. The van der Waals surface area contributed by atoms with Gasteiger partial charge < -0.3 is 18.9 Å². The molecule has 0 bridgehead atoms. The SMILES string of the molecule is Cc1cccc(-c2noc([C@H]3CC(=O)N(c4ccc5c(c4)OCO5)C3)n2)c1. The van der Waals surface area contributed by atoms with Crippen LogP contribution in [0.1, 0.15) is 23.8 Å². The fraction of sp³-hybridized carbons (Fsp3) is 0.250. The summed E-state index contributed by atoms with van der Waals surface area (Å²) < 4.78 is 16.2. The van der Waals surface area contributed by atoms with Crippen LogP contribution in [0, 0.1) is 6.92 Å². The molecule has 1 amide bonds. The molecule has 27 heavy (non-hydrogen) atoms. The van der Waals surface area contributed by atoms with E-state index in [-0.39, 0.29) is 18.6 Å². The number of ether oxygens (including phenoxy) is 2. The molecule has 0 radical (unpaired) electrons. The monoisotopic (exact) mass is 363 g/mol. The lowest BCUT2D eigenvalue weighted by molar-refractivity contribution is -0.117. The lowest BCUT2D eigenvalue weighted by Crippen LogP contribution is -2.24. The van der Waals surface area contributed by atoms with E-state index < -0.39 is 0 Å². The van der Waals surface area contributed by atoms with E-state index >= 15 is 0 Å². The molecule has 7 heteroatoms. The Bertz CT molecular complexity index is 1030. The quantitative estimate of drug-likeness (QED) is 0.711. The van der Waals surface area contributed by atoms with Crippen molar-refractivity contribution in [2.75, 3.05) is 18.2 Å². The zero-order chi connectivity index (χ0) is 18.4. The number of hydrogen-bond donors (Lipinski definition) is 0. The third-order valence-electron chi connectivity index (χ3n) is 4.86. The van der Waals surface area contributed by atoms with E-state index in [1.165, 1.54) is 0 Å². The van der Waals surface area contributed by atoms with Crippen LogP contribution in [0.4, 0.5) is 5.69 Å². The number of nitrogens with zero attached hydrogens (tertiary/aromatic N) is 3. The second kappa shape index (κ2) is 6.12. The maximum absolute atomic E-state index is 12.5. The van der Waals surface area contributed by atoms with Gasteiger partial charge in [0.2, 0.25) is 24.4 Å². The van der Waals surface area contributed by atoms with Crippen molar-refractivity contribution in [2.45, 2.75) is 19.3 Å². The van der Waals surface area contributed by atoms with Crippen molar-refractivity contribution in [3.05, 3.63) is 53.9 Å². The Morgan fingerprint density at radius 3 is 2.89 bits per heavy atom. The lowest BCUT2D eigenvalue weighted by Gasteiger charge is -2.16. The molecule has 3 aromatic rings. The first kappa shape index (κ1) is 15.9. The van der Waals surface area contributed by atoms with Gasteiger partial charge in [-0.25, -0.2) is 0 Å². The summed E-state index contributed by atoms with van der Waals surface area (Å²) in [6.45, 7) is 2.72. The highest BCUT2D eigenvalue weighted by Crippen LogP contribution is 2.38. The zero-order valence-corrected chi connectivity index (χ0v) is 14.7. The van der Waals surface area contributed by atoms with Gasteiger partial charge >= 0.3 is 0 Å². The minimum atomic E-state index is -0.131. The van der Waals surface area contributed by atoms with Crippen LogP contribution < -0.4 is 14.4 Å². The molecule has 1 saturated heterocycles. The zero-order valence-electron chi connectivity index (χ0n) is 14.7. The summed E-state index contributed by atoms with van der Waals surface area (Å²) in [5, 5.41) is 4.09. The molecule has 1 atom stereocenters. The van der Waals surface area contributed by atoms with Crippen LogP contribution in [0.15, 0.2) is 47.0 Å². The number of benzene rings is 2. The van der Waals surface area contributed by atoms with Gasteiger partial charge in [0.1, 0.15) is 0 Å². The summed E-state index contributed by atoms with van der Waals surface area (Å²) in [5.41, 5.74) is 2.82. The van der Waals surface area contributed by atoms with Gasteiger partial charge in [0.05, 0.1) is 5.92 Å². The van der Waals surface area contributed by atoms with Crippen molar-refractivity contribution in [3.8, 4) is 22.9 Å². The number of fused-ring (bicyclic) bond motifs is 1. The van der Waals surface area contributed by atoms with E-state index in [1.807, 2.05) is 49.4 Å². The number of carbonyl (C=O) groups is 1. The number of rotatable bonds is 3. The molecule has 0 spiro atoms. The van der Waals surface area contributed by atoms with Crippen LogP contribution in [0.2, 0.25) is 0 Å². The normalized spacial score (nSPS) is 18.3. The molecule has 2 aromatic carbocycles. The first-order valence-electron chi connectivity index (χ1n) is 8.78. The van der Waals surface area contributed by atoms with Crippen molar-refractivity contribution in [2.24, 2.45) is 0 Å². The molecule has 0 N–H and O–H groups in total. The van der Waals surface area contributed by atoms with E-state index in [2.05, 4.69) is 10.1 Å². The molecule has 2 aliphatic rings. The van der Waals surface area contributed by atoms with Crippen LogP contribution in [0.3, 0.4) is 0 Å². The number of hydrogen-bond acceptors (Lipinski definition) is 6. The molecule has 3 heterocycles. The summed E-state index contributed by atoms with van der Waals surface area (Å²) in [4.78, 5) is 18.8. The standard InChI is InChI=1S/C20H17N3O4/c1-12-3-2-4-13(7-12)19-21-20(27-22-19)14-8-18(24)23(10-14)15-5-6-16-17(9-15)26-11-25-16/h2-7,9,14H,8,10-11H2,1H3/t14-/m0/s1. The van der Waals surface area contributed by atoms with Crippen LogP contribution >= 0.6 is 0 Å². The molecule has 7 nitrogen and oxygen atoms in total. The van der Waals surface area contributed by atoms with Crippen molar-refractivity contribution in [1.82, 2.24) is 10.1 Å². The first-order chi connectivity index (χ1) is 13.2. The Morgan fingerprint density at radius 2 is 2.00 bits per heavy atom. The number of aromatic nitrogens is 2. The summed E-state index contributed by atoms with van der Waals surface area (Å²) in [5.74, 6) is 2.28. The van der Waals surface area contributed by atoms with E-state index in [0.29, 0.717) is 36.2 Å². The van der Waals surface area contributed by atoms with Gasteiger partial charge in [-0.05, 0) is 25.1 Å². The van der Waals surface area contributed by atoms with Crippen molar-refractivity contribution in [3.63, 3.8) is 0 Å². The predicted octanol–water partition coefficient (Wildman–Crippen LogP) is 3.29. The van der Waals surface area contributed by atoms with E-state index in [9.17, 15) is 4.79 Å². The first-order valence-corrected chi connectivity index (χ1v) is 8.78. The molecule has 1 fully saturated rings. The highest BCUT2D eigenvalue weighted by atomic mass is 16.7. The summed E-state index contributed by atoms with van der Waals surface area (Å²) in [7, 11) is 0. The Kier molecular flexibility index (Phi) is 3.60. The minimum absolute atomic E-state index is 0.0224. The van der Waals surface area contributed by atoms with E-state index in [4.69, 9.17) is 14.0 Å². The van der Waals surface area contributed by atoms with Crippen molar-refractivity contribution < 1.29 is 18.8 Å². The van der Waals surface area contributed by atoms with E-state index in [1.54, 1.807) is 4.90 Å². The molecular formula is C20H17N3O4. The third-order valence-corrected chi connectivity index (χ3v) is 4.86. The summed E-state index contributed by atoms with van der Waals surface area (Å²) >= 11 is 0. The lowest BCUT2D eigenvalue weighted by atomic mass is 10.1. The molecule has 5 rings (SSSR count). The second-order valence-electron chi connectivity index (χ2n) is 6.77. The fourth-order valence-corrected chi connectivity index (χ4v) is 3.48. The van der Waals surface area contributed by atoms with Gasteiger partial charge in [-0.15, -0.1) is 0 Å². The topological polar surface area (TPSA) is 77.7 Å². The average molecular weight is 363 g/mol. The van der Waals surface area contributed by atoms with Gasteiger partial charge in [0.25, 0.3) is 0 Å². The second-order valence-corrected chi connectivity index (χ2v) is 6.77. The molecule has 0 aliphatic carbocycles. The number of aryl methyl sites for hydroxylation is 1. The molecule has 136 valence electrons. The minimum Gasteiger partial charge on any atom is -0.454 e. The predicted molar refractivity (Wildman–Crippen MR) is 96.7 cm³/mol. The average Bonchev–Trinajstić information content (AvgIpc) is 3.40. The van der Waals surface area contributed by atoms with Gasteiger partial charge in [-0.1, -0.05) is 28.9 Å². The van der Waals surface area contributed by atoms with Crippen LogP contribution in [0.5, 0.6) is 11.5 Å². The molecular weight excluding hydrogens is 346 g/mol. The Morgan fingerprint density at radius 1 is 1.11 bits per heavy atom. The third kappa shape index (κ3) is 2.81. The van der Waals surface area contributed by atoms with Crippen LogP contribution in [-0.4, -0.2) is 29.4 Å².